The van der Waals surface area contributed by atoms with E-state index in [4.69, 9.17) is 17.3 Å². The van der Waals surface area contributed by atoms with Crippen molar-refractivity contribution in [2.45, 2.75) is 6.04 Å². The van der Waals surface area contributed by atoms with E-state index in [1.54, 1.807) is 11.3 Å². The van der Waals surface area contributed by atoms with Crippen molar-refractivity contribution in [2.75, 3.05) is 31.1 Å². The number of hydrogen-bond acceptors (Lipinski definition) is 4. The van der Waals surface area contributed by atoms with Gasteiger partial charge in [-0.1, -0.05) is 11.6 Å². The Labute approximate surface area is 107 Å². The van der Waals surface area contributed by atoms with Crippen LogP contribution in [0.1, 0.15) is 10.9 Å². The molecule has 6 heteroatoms. The summed E-state index contributed by atoms with van der Waals surface area (Å²) in [5, 5.41) is 0. The molecule has 3 nitrogen and oxygen atoms in total. The van der Waals surface area contributed by atoms with Gasteiger partial charge >= 0.3 is 0 Å². The van der Waals surface area contributed by atoms with E-state index in [0.717, 1.165) is 28.9 Å². The molecule has 1 saturated heterocycles. The first-order valence-electron chi connectivity index (χ1n) is 5.25. The lowest BCUT2D eigenvalue weighted by atomic mass is 10.2. The van der Waals surface area contributed by atoms with Gasteiger partial charge in [0.15, 0.2) is 0 Å². The molecule has 0 saturated carbocycles. The molecule has 0 aliphatic carbocycles. The molecule has 90 valence electrons. The summed E-state index contributed by atoms with van der Waals surface area (Å²) in [6, 6.07) is 4.18. The molecule has 1 fully saturated rings. The fourth-order valence-corrected chi connectivity index (χ4v) is 4.21. The van der Waals surface area contributed by atoms with Gasteiger partial charge in [0.1, 0.15) is 0 Å². The highest BCUT2D eigenvalue weighted by atomic mass is 35.5. The summed E-state index contributed by atoms with van der Waals surface area (Å²) >= 11 is 7.52. The van der Waals surface area contributed by atoms with Crippen LogP contribution in [0.4, 0.5) is 0 Å². The number of hydrogen-bond donors (Lipinski definition) is 1. The Balaban J connectivity index is 2.07. The number of thiophene rings is 1. The highest BCUT2D eigenvalue weighted by Crippen LogP contribution is 2.30. The first-order chi connectivity index (χ1) is 7.70. The van der Waals surface area contributed by atoms with Gasteiger partial charge in [0, 0.05) is 46.8 Å². The minimum absolute atomic E-state index is 0.231. The number of nitrogens with zero attached hydrogens (tertiary/aromatic N) is 1. The van der Waals surface area contributed by atoms with Crippen molar-refractivity contribution < 1.29 is 4.21 Å². The van der Waals surface area contributed by atoms with Gasteiger partial charge in [-0.15, -0.1) is 11.3 Å². The fourth-order valence-electron chi connectivity index (χ4n) is 1.92. The van der Waals surface area contributed by atoms with E-state index in [0.29, 0.717) is 6.54 Å². The monoisotopic (exact) mass is 278 g/mol. The van der Waals surface area contributed by atoms with Crippen LogP contribution in [0.25, 0.3) is 0 Å². The largest absolute Gasteiger partial charge is 0.329 e. The van der Waals surface area contributed by atoms with E-state index in [2.05, 4.69) is 4.90 Å². The van der Waals surface area contributed by atoms with Crippen LogP contribution >= 0.6 is 22.9 Å². The Morgan fingerprint density at radius 3 is 2.69 bits per heavy atom. The maximum Gasteiger partial charge on any atom is 0.0931 e. The first kappa shape index (κ1) is 12.5. The van der Waals surface area contributed by atoms with E-state index in [9.17, 15) is 4.21 Å². The highest BCUT2D eigenvalue weighted by Gasteiger charge is 2.24. The molecule has 16 heavy (non-hydrogen) atoms. The van der Waals surface area contributed by atoms with E-state index < -0.39 is 10.8 Å². The molecule has 1 aromatic heterocycles. The molecule has 0 bridgehead atoms. The van der Waals surface area contributed by atoms with Gasteiger partial charge in [0.05, 0.1) is 10.4 Å². The second-order valence-corrected chi connectivity index (χ2v) is 7.22. The molecule has 0 amide bonds. The van der Waals surface area contributed by atoms with E-state index in [1.165, 1.54) is 4.88 Å². The van der Waals surface area contributed by atoms with Crippen molar-refractivity contribution in [1.82, 2.24) is 4.90 Å². The number of rotatable bonds is 3. The summed E-state index contributed by atoms with van der Waals surface area (Å²) in [5.41, 5.74) is 5.83. The zero-order valence-corrected chi connectivity index (χ0v) is 11.3. The Hall–Kier alpha value is 0.0600. The smallest absolute Gasteiger partial charge is 0.0931 e. The zero-order valence-electron chi connectivity index (χ0n) is 8.89. The molecule has 0 spiro atoms. The van der Waals surface area contributed by atoms with Gasteiger partial charge in [-0.2, -0.15) is 0 Å². The van der Waals surface area contributed by atoms with Crippen LogP contribution in [-0.2, 0) is 10.8 Å². The average molecular weight is 279 g/mol. The van der Waals surface area contributed by atoms with Crippen molar-refractivity contribution in [3.05, 3.63) is 21.3 Å². The predicted octanol–water partition coefficient (Wildman–Crippen LogP) is 1.47. The Kier molecular flexibility index (Phi) is 4.38. The van der Waals surface area contributed by atoms with Crippen molar-refractivity contribution in [3.8, 4) is 0 Å². The molecule has 1 aliphatic rings. The molecule has 1 aromatic rings. The molecule has 2 N–H and O–H groups in total. The average Bonchev–Trinajstić information content (AvgIpc) is 2.69. The summed E-state index contributed by atoms with van der Waals surface area (Å²) in [6.45, 7) is 2.32. The van der Waals surface area contributed by atoms with Crippen molar-refractivity contribution in [2.24, 2.45) is 5.73 Å². The number of halogens is 1. The molecule has 2 heterocycles. The van der Waals surface area contributed by atoms with E-state index >= 15 is 0 Å². The second kappa shape index (κ2) is 5.60. The summed E-state index contributed by atoms with van der Waals surface area (Å²) in [5.74, 6) is 1.52. The van der Waals surface area contributed by atoms with Gasteiger partial charge < -0.3 is 5.73 Å². The molecular formula is C10H15ClN2OS2. The van der Waals surface area contributed by atoms with E-state index in [-0.39, 0.29) is 6.04 Å². The van der Waals surface area contributed by atoms with Gasteiger partial charge in [-0.25, -0.2) is 0 Å². The quantitative estimate of drug-likeness (QED) is 0.911. The maximum absolute atomic E-state index is 11.3. The van der Waals surface area contributed by atoms with Crippen LogP contribution in [0.15, 0.2) is 12.1 Å². The second-order valence-electron chi connectivity index (χ2n) is 3.78. The third kappa shape index (κ3) is 2.84. The molecule has 2 rings (SSSR count). The summed E-state index contributed by atoms with van der Waals surface area (Å²) in [4.78, 5) is 3.52. The van der Waals surface area contributed by atoms with Crippen LogP contribution in [0.5, 0.6) is 0 Å². The van der Waals surface area contributed by atoms with Gasteiger partial charge in [-0.3, -0.25) is 9.11 Å². The van der Waals surface area contributed by atoms with Crippen molar-refractivity contribution >= 4 is 33.7 Å². The van der Waals surface area contributed by atoms with Crippen LogP contribution in [0.3, 0.4) is 0 Å². The molecular weight excluding hydrogens is 264 g/mol. The molecule has 1 unspecified atom stereocenters. The van der Waals surface area contributed by atoms with Crippen LogP contribution < -0.4 is 5.73 Å². The lowest BCUT2D eigenvalue weighted by Crippen LogP contribution is -2.42. The van der Waals surface area contributed by atoms with Gasteiger partial charge in [0.2, 0.25) is 0 Å². The van der Waals surface area contributed by atoms with Crippen molar-refractivity contribution in [1.29, 1.82) is 0 Å². The highest BCUT2D eigenvalue weighted by molar-refractivity contribution is 7.85. The third-order valence-corrected chi connectivity index (χ3v) is 5.41. The normalized spacial score (nSPS) is 21.1. The summed E-state index contributed by atoms with van der Waals surface area (Å²) in [6.07, 6.45) is 0. The van der Waals surface area contributed by atoms with Gasteiger partial charge in [-0.05, 0) is 12.1 Å². The standard InChI is InChI=1S/C10H15ClN2OS2/c11-10-2-1-9(15-10)8(7-12)13-3-5-16(14)6-4-13/h1-2,8H,3-7,12H2. The Morgan fingerprint density at radius 2 is 2.19 bits per heavy atom. The molecule has 0 aromatic carbocycles. The lowest BCUT2D eigenvalue weighted by Gasteiger charge is -2.32. The summed E-state index contributed by atoms with van der Waals surface area (Å²) < 4.78 is 12.1. The van der Waals surface area contributed by atoms with Gasteiger partial charge in [0.25, 0.3) is 0 Å². The van der Waals surface area contributed by atoms with Crippen LogP contribution in [0.2, 0.25) is 4.34 Å². The van der Waals surface area contributed by atoms with Crippen LogP contribution in [-0.4, -0.2) is 40.2 Å². The van der Waals surface area contributed by atoms with E-state index in [1.807, 2.05) is 12.1 Å². The third-order valence-electron chi connectivity index (χ3n) is 2.80. The molecule has 1 aliphatic heterocycles. The minimum atomic E-state index is -0.636. The Morgan fingerprint density at radius 1 is 1.50 bits per heavy atom. The zero-order chi connectivity index (χ0) is 11.5. The first-order valence-corrected chi connectivity index (χ1v) is 7.93. The molecule has 0 radical (unpaired) electrons. The maximum atomic E-state index is 11.3. The van der Waals surface area contributed by atoms with Crippen molar-refractivity contribution in [3.63, 3.8) is 0 Å². The number of nitrogens with two attached hydrogens (primary N) is 1. The summed E-state index contributed by atoms with van der Waals surface area (Å²) in [7, 11) is -0.636. The Bertz CT molecular complexity index is 373. The fraction of sp³-hybridized carbons (Fsp3) is 0.600. The topological polar surface area (TPSA) is 46.3 Å². The minimum Gasteiger partial charge on any atom is -0.329 e. The van der Waals surface area contributed by atoms with Crippen LogP contribution in [0, 0.1) is 0 Å². The molecule has 1 atom stereocenters. The predicted molar refractivity (Wildman–Crippen MR) is 70.6 cm³/mol. The lowest BCUT2D eigenvalue weighted by molar-refractivity contribution is 0.224. The SMILES string of the molecule is NCC(c1ccc(Cl)s1)N1CCS(=O)CC1.